The molecule has 0 spiro atoms. The van der Waals surface area contributed by atoms with Crippen LogP contribution in [0, 0.1) is 11.8 Å². The topological polar surface area (TPSA) is 55.1 Å². The highest BCUT2D eigenvalue weighted by Gasteiger charge is 2.24. The van der Waals surface area contributed by atoms with Crippen molar-refractivity contribution in [1.82, 2.24) is 5.32 Å². The Morgan fingerprint density at radius 1 is 1.37 bits per heavy atom. The number of hydrogen-bond donors (Lipinski definition) is 2. The molecule has 3 nitrogen and oxygen atoms in total. The second-order valence-electron chi connectivity index (χ2n) is 5.71. The van der Waals surface area contributed by atoms with Gasteiger partial charge >= 0.3 is 0 Å². The Labute approximate surface area is 115 Å². The fourth-order valence-electron chi connectivity index (χ4n) is 2.85. The van der Waals surface area contributed by atoms with Gasteiger partial charge in [0.1, 0.15) is 0 Å². The molecule has 0 aliphatic heterocycles. The minimum absolute atomic E-state index is 0.0250. The van der Waals surface area contributed by atoms with Crippen molar-refractivity contribution >= 4 is 5.91 Å². The number of hydrogen-bond acceptors (Lipinski definition) is 2. The third-order valence-corrected chi connectivity index (χ3v) is 4.21. The van der Waals surface area contributed by atoms with Gasteiger partial charge in [-0.2, -0.15) is 0 Å². The Balaban J connectivity index is 1.76. The lowest BCUT2D eigenvalue weighted by molar-refractivity contribution is -0.122. The standard InChI is InChI=1S/C16H24N2O/c1-12-6-5-9-14(12)11-18-16(19)15(17)10-13-7-3-2-4-8-13/h2-4,7-8,12,14-15H,5-6,9-11,17H2,1H3,(H,18,19)/t12?,14?,15-/m0/s1. The van der Waals surface area contributed by atoms with Crippen LogP contribution in [-0.4, -0.2) is 18.5 Å². The molecule has 2 rings (SSSR count). The molecule has 3 heteroatoms. The molecule has 0 bridgehead atoms. The fraction of sp³-hybridized carbons (Fsp3) is 0.562. The zero-order chi connectivity index (χ0) is 13.7. The van der Waals surface area contributed by atoms with E-state index in [0.29, 0.717) is 12.3 Å². The summed E-state index contributed by atoms with van der Waals surface area (Å²) in [6.07, 6.45) is 4.41. The van der Waals surface area contributed by atoms with E-state index in [0.717, 1.165) is 18.0 Å². The largest absolute Gasteiger partial charge is 0.354 e. The van der Waals surface area contributed by atoms with E-state index in [9.17, 15) is 4.79 Å². The van der Waals surface area contributed by atoms with Crippen molar-refractivity contribution in [2.45, 2.75) is 38.6 Å². The maximum absolute atomic E-state index is 12.0. The molecule has 1 aliphatic carbocycles. The molecule has 2 unspecified atom stereocenters. The lowest BCUT2D eigenvalue weighted by Crippen LogP contribution is -2.43. The van der Waals surface area contributed by atoms with Gasteiger partial charge in [0.25, 0.3) is 0 Å². The van der Waals surface area contributed by atoms with Gasteiger partial charge in [-0.15, -0.1) is 0 Å². The number of rotatable bonds is 5. The van der Waals surface area contributed by atoms with Crippen molar-refractivity contribution in [2.24, 2.45) is 17.6 Å². The van der Waals surface area contributed by atoms with Gasteiger partial charge in [0.15, 0.2) is 0 Å². The smallest absolute Gasteiger partial charge is 0.237 e. The Hall–Kier alpha value is -1.35. The maximum Gasteiger partial charge on any atom is 0.237 e. The quantitative estimate of drug-likeness (QED) is 0.852. The number of carbonyl (C=O) groups is 1. The van der Waals surface area contributed by atoms with Gasteiger partial charge < -0.3 is 11.1 Å². The lowest BCUT2D eigenvalue weighted by atomic mass is 9.98. The van der Waals surface area contributed by atoms with E-state index in [1.54, 1.807) is 0 Å². The van der Waals surface area contributed by atoms with Crippen LogP contribution < -0.4 is 11.1 Å². The molecule has 19 heavy (non-hydrogen) atoms. The lowest BCUT2D eigenvalue weighted by Gasteiger charge is -2.18. The summed E-state index contributed by atoms with van der Waals surface area (Å²) in [5, 5.41) is 3.01. The number of carbonyl (C=O) groups excluding carboxylic acids is 1. The third kappa shape index (κ3) is 4.06. The van der Waals surface area contributed by atoms with Crippen LogP contribution >= 0.6 is 0 Å². The molecule has 0 heterocycles. The van der Waals surface area contributed by atoms with Crippen molar-refractivity contribution in [2.75, 3.05) is 6.54 Å². The minimum atomic E-state index is -0.445. The van der Waals surface area contributed by atoms with E-state index in [1.807, 2.05) is 30.3 Å². The highest BCUT2D eigenvalue weighted by molar-refractivity contribution is 5.81. The predicted molar refractivity (Wildman–Crippen MR) is 77.6 cm³/mol. The molecule has 0 radical (unpaired) electrons. The van der Waals surface area contributed by atoms with Crippen molar-refractivity contribution in [3.8, 4) is 0 Å². The Bertz CT molecular complexity index is 404. The molecule has 3 atom stereocenters. The molecule has 1 saturated carbocycles. The van der Waals surface area contributed by atoms with Gasteiger partial charge in [0.05, 0.1) is 6.04 Å². The minimum Gasteiger partial charge on any atom is -0.354 e. The summed E-state index contributed by atoms with van der Waals surface area (Å²) in [5.74, 6) is 1.33. The molecule has 1 aromatic carbocycles. The van der Waals surface area contributed by atoms with Crippen LogP contribution in [0.25, 0.3) is 0 Å². The number of nitrogens with two attached hydrogens (primary N) is 1. The molecular weight excluding hydrogens is 236 g/mol. The summed E-state index contributed by atoms with van der Waals surface area (Å²) in [4.78, 5) is 12.0. The van der Waals surface area contributed by atoms with Gasteiger partial charge in [-0.1, -0.05) is 50.1 Å². The Kier molecular flexibility index (Phi) is 4.97. The summed E-state index contributed by atoms with van der Waals surface area (Å²) < 4.78 is 0. The summed E-state index contributed by atoms with van der Waals surface area (Å²) >= 11 is 0. The average molecular weight is 260 g/mol. The van der Waals surface area contributed by atoms with Gasteiger partial charge in [-0.3, -0.25) is 4.79 Å². The summed E-state index contributed by atoms with van der Waals surface area (Å²) in [7, 11) is 0. The van der Waals surface area contributed by atoms with E-state index in [4.69, 9.17) is 5.73 Å². The molecule has 0 aromatic heterocycles. The Morgan fingerprint density at radius 2 is 2.11 bits per heavy atom. The van der Waals surface area contributed by atoms with Crippen LogP contribution in [0.3, 0.4) is 0 Å². The van der Waals surface area contributed by atoms with E-state index >= 15 is 0 Å². The van der Waals surface area contributed by atoms with Crippen molar-refractivity contribution in [3.05, 3.63) is 35.9 Å². The van der Waals surface area contributed by atoms with Crippen molar-refractivity contribution in [1.29, 1.82) is 0 Å². The second kappa shape index (κ2) is 6.71. The first-order chi connectivity index (χ1) is 9.16. The first-order valence-electron chi connectivity index (χ1n) is 7.24. The predicted octanol–water partition coefficient (Wildman–Crippen LogP) is 2.11. The van der Waals surface area contributed by atoms with Crippen LogP contribution in [0.2, 0.25) is 0 Å². The van der Waals surface area contributed by atoms with E-state index < -0.39 is 6.04 Å². The molecule has 104 valence electrons. The van der Waals surface area contributed by atoms with Crippen LogP contribution in [0.4, 0.5) is 0 Å². The van der Waals surface area contributed by atoms with Gasteiger partial charge in [0, 0.05) is 6.54 Å². The monoisotopic (exact) mass is 260 g/mol. The summed E-state index contributed by atoms with van der Waals surface area (Å²) in [6, 6.07) is 9.48. The van der Waals surface area contributed by atoms with Crippen molar-refractivity contribution < 1.29 is 4.79 Å². The molecular formula is C16H24N2O. The molecule has 1 aromatic rings. The highest BCUT2D eigenvalue weighted by atomic mass is 16.2. The van der Waals surface area contributed by atoms with Gasteiger partial charge in [-0.05, 0) is 30.2 Å². The van der Waals surface area contributed by atoms with Crippen LogP contribution in [-0.2, 0) is 11.2 Å². The highest BCUT2D eigenvalue weighted by Crippen LogP contribution is 2.30. The van der Waals surface area contributed by atoms with Crippen LogP contribution in [0.1, 0.15) is 31.7 Å². The zero-order valence-electron chi connectivity index (χ0n) is 11.6. The van der Waals surface area contributed by atoms with E-state index in [-0.39, 0.29) is 5.91 Å². The second-order valence-corrected chi connectivity index (χ2v) is 5.71. The summed E-state index contributed by atoms with van der Waals surface area (Å²) in [6.45, 7) is 3.05. The SMILES string of the molecule is CC1CCCC1CNC(=O)[C@@H](N)Cc1ccccc1. The average Bonchev–Trinajstić information content (AvgIpc) is 2.82. The number of amides is 1. The molecule has 0 saturated heterocycles. The van der Waals surface area contributed by atoms with E-state index in [2.05, 4.69) is 12.2 Å². The van der Waals surface area contributed by atoms with Gasteiger partial charge in [0.2, 0.25) is 5.91 Å². The molecule has 1 amide bonds. The van der Waals surface area contributed by atoms with Crippen LogP contribution in [0.5, 0.6) is 0 Å². The van der Waals surface area contributed by atoms with Gasteiger partial charge in [-0.25, -0.2) is 0 Å². The van der Waals surface area contributed by atoms with Crippen molar-refractivity contribution in [3.63, 3.8) is 0 Å². The maximum atomic E-state index is 12.0. The normalized spacial score (nSPS) is 24.1. The fourth-order valence-corrected chi connectivity index (χ4v) is 2.85. The first kappa shape index (κ1) is 14.1. The number of nitrogens with one attached hydrogen (secondary N) is 1. The zero-order valence-corrected chi connectivity index (χ0v) is 11.6. The summed E-state index contributed by atoms with van der Waals surface area (Å²) in [5.41, 5.74) is 7.07. The molecule has 3 N–H and O–H groups in total. The number of benzene rings is 1. The van der Waals surface area contributed by atoms with Crippen LogP contribution in [0.15, 0.2) is 30.3 Å². The molecule has 1 fully saturated rings. The Morgan fingerprint density at radius 3 is 2.74 bits per heavy atom. The van der Waals surface area contributed by atoms with E-state index in [1.165, 1.54) is 19.3 Å². The molecule has 1 aliphatic rings. The third-order valence-electron chi connectivity index (χ3n) is 4.21. The first-order valence-corrected chi connectivity index (χ1v) is 7.24.